The number of carboxylic acid groups (broad SMARTS) is 1. The van der Waals surface area contributed by atoms with Gasteiger partial charge in [-0.2, -0.15) is 0 Å². The SMILES string of the molecule is O=C(O)c1ccccc1C(=O)OCc1ccccn1. The van der Waals surface area contributed by atoms with Crippen molar-refractivity contribution in [2.45, 2.75) is 6.61 Å². The number of benzene rings is 1. The van der Waals surface area contributed by atoms with Gasteiger partial charge in [0.1, 0.15) is 6.61 Å². The minimum Gasteiger partial charge on any atom is -0.478 e. The Labute approximate surface area is 109 Å². The number of hydrogen-bond donors (Lipinski definition) is 1. The van der Waals surface area contributed by atoms with Gasteiger partial charge in [-0.05, 0) is 24.3 Å². The van der Waals surface area contributed by atoms with Gasteiger partial charge in [-0.1, -0.05) is 18.2 Å². The van der Waals surface area contributed by atoms with E-state index in [9.17, 15) is 9.59 Å². The summed E-state index contributed by atoms with van der Waals surface area (Å²) in [6, 6.07) is 11.2. The highest BCUT2D eigenvalue weighted by molar-refractivity contribution is 6.02. The number of carbonyl (C=O) groups is 2. The van der Waals surface area contributed by atoms with Crippen molar-refractivity contribution in [1.29, 1.82) is 0 Å². The second-order valence-corrected chi connectivity index (χ2v) is 3.75. The fourth-order valence-corrected chi connectivity index (χ4v) is 1.55. The smallest absolute Gasteiger partial charge is 0.339 e. The lowest BCUT2D eigenvalue weighted by Gasteiger charge is -2.06. The molecular weight excluding hydrogens is 246 g/mol. The molecule has 0 saturated carbocycles. The van der Waals surface area contributed by atoms with Gasteiger partial charge in [0.25, 0.3) is 0 Å². The Morgan fingerprint density at radius 1 is 1.05 bits per heavy atom. The van der Waals surface area contributed by atoms with Crippen LogP contribution in [-0.2, 0) is 11.3 Å². The molecule has 0 aliphatic rings. The number of aromatic nitrogens is 1. The molecule has 5 nitrogen and oxygen atoms in total. The predicted octanol–water partition coefficient (Wildman–Crippen LogP) is 2.14. The van der Waals surface area contributed by atoms with Crippen LogP contribution in [0.3, 0.4) is 0 Å². The molecule has 0 bridgehead atoms. The molecule has 0 unspecified atom stereocenters. The van der Waals surface area contributed by atoms with Gasteiger partial charge in [0.2, 0.25) is 0 Å². The number of hydrogen-bond acceptors (Lipinski definition) is 4. The summed E-state index contributed by atoms with van der Waals surface area (Å²) < 4.78 is 5.04. The molecule has 0 saturated heterocycles. The molecule has 5 heteroatoms. The highest BCUT2D eigenvalue weighted by atomic mass is 16.5. The Morgan fingerprint density at radius 3 is 2.37 bits per heavy atom. The number of rotatable bonds is 4. The first-order chi connectivity index (χ1) is 9.18. The zero-order valence-electron chi connectivity index (χ0n) is 9.95. The number of carboxylic acids is 1. The summed E-state index contributed by atoms with van der Waals surface area (Å²) in [4.78, 5) is 26.8. The Morgan fingerprint density at radius 2 is 1.74 bits per heavy atom. The molecule has 0 atom stereocenters. The normalized spacial score (nSPS) is 9.89. The van der Waals surface area contributed by atoms with Crippen LogP contribution in [0.25, 0.3) is 0 Å². The van der Waals surface area contributed by atoms with Crippen LogP contribution in [0.5, 0.6) is 0 Å². The molecule has 96 valence electrons. The van der Waals surface area contributed by atoms with Gasteiger partial charge in [0, 0.05) is 6.20 Å². The summed E-state index contributed by atoms with van der Waals surface area (Å²) in [5.74, 6) is -1.84. The molecule has 0 fully saturated rings. The summed E-state index contributed by atoms with van der Waals surface area (Å²) in [5, 5.41) is 8.98. The van der Waals surface area contributed by atoms with Gasteiger partial charge >= 0.3 is 11.9 Å². The van der Waals surface area contributed by atoms with Gasteiger partial charge in [0.05, 0.1) is 16.8 Å². The van der Waals surface area contributed by atoms with Crippen LogP contribution < -0.4 is 0 Å². The molecule has 1 aromatic heterocycles. The zero-order chi connectivity index (χ0) is 13.7. The quantitative estimate of drug-likeness (QED) is 0.849. The molecule has 2 aromatic rings. The molecule has 1 N–H and O–H groups in total. The van der Waals surface area contributed by atoms with Crippen molar-refractivity contribution >= 4 is 11.9 Å². The Hall–Kier alpha value is -2.69. The monoisotopic (exact) mass is 257 g/mol. The molecule has 0 amide bonds. The molecule has 0 aliphatic heterocycles. The largest absolute Gasteiger partial charge is 0.478 e. The summed E-state index contributed by atoms with van der Waals surface area (Å²) in [6.07, 6.45) is 1.59. The second-order valence-electron chi connectivity index (χ2n) is 3.75. The van der Waals surface area contributed by atoms with E-state index in [2.05, 4.69) is 4.98 Å². The van der Waals surface area contributed by atoms with Gasteiger partial charge in [-0.15, -0.1) is 0 Å². The van der Waals surface area contributed by atoms with Gasteiger partial charge in [-0.25, -0.2) is 9.59 Å². The van der Waals surface area contributed by atoms with Crippen LogP contribution >= 0.6 is 0 Å². The van der Waals surface area contributed by atoms with Crippen LogP contribution in [0.1, 0.15) is 26.4 Å². The summed E-state index contributed by atoms with van der Waals surface area (Å²) in [6.45, 7) is 0.00757. The van der Waals surface area contributed by atoms with Crippen molar-refractivity contribution in [2.24, 2.45) is 0 Å². The van der Waals surface area contributed by atoms with Crippen LogP contribution in [-0.4, -0.2) is 22.0 Å². The summed E-state index contributed by atoms with van der Waals surface area (Å²) in [7, 11) is 0. The number of nitrogens with zero attached hydrogens (tertiary/aromatic N) is 1. The van der Waals surface area contributed by atoms with E-state index >= 15 is 0 Å². The standard InChI is InChI=1S/C14H11NO4/c16-13(17)11-6-1-2-7-12(11)14(18)19-9-10-5-3-4-8-15-10/h1-8H,9H2,(H,16,17). The summed E-state index contributed by atoms with van der Waals surface area (Å²) >= 11 is 0. The molecule has 1 heterocycles. The lowest BCUT2D eigenvalue weighted by atomic mass is 10.1. The fourth-order valence-electron chi connectivity index (χ4n) is 1.55. The van der Waals surface area contributed by atoms with E-state index in [-0.39, 0.29) is 17.7 Å². The van der Waals surface area contributed by atoms with Crippen LogP contribution in [0.2, 0.25) is 0 Å². The van der Waals surface area contributed by atoms with Gasteiger partial charge in [0.15, 0.2) is 0 Å². The molecule has 0 spiro atoms. The first-order valence-corrected chi connectivity index (χ1v) is 5.58. The van der Waals surface area contributed by atoms with Gasteiger partial charge < -0.3 is 9.84 Å². The van der Waals surface area contributed by atoms with Gasteiger partial charge in [-0.3, -0.25) is 4.98 Å². The lowest BCUT2D eigenvalue weighted by Crippen LogP contribution is -2.11. The van der Waals surface area contributed by atoms with E-state index in [0.29, 0.717) is 5.69 Å². The Kier molecular flexibility index (Phi) is 3.87. The summed E-state index contributed by atoms with van der Waals surface area (Å²) in [5.41, 5.74) is 0.558. The first-order valence-electron chi connectivity index (χ1n) is 5.58. The number of pyridine rings is 1. The molecule has 19 heavy (non-hydrogen) atoms. The van der Waals surface area contributed by atoms with E-state index in [4.69, 9.17) is 9.84 Å². The average Bonchev–Trinajstić information content (AvgIpc) is 2.46. The maximum absolute atomic E-state index is 11.8. The number of aromatic carboxylic acids is 1. The van der Waals surface area contributed by atoms with Crippen molar-refractivity contribution < 1.29 is 19.4 Å². The molecule has 1 aromatic carbocycles. The number of esters is 1. The lowest BCUT2D eigenvalue weighted by molar-refractivity contribution is 0.0459. The number of carbonyl (C=O) groups excluding carboxylic acids is 1. The third-order valence-corrected chi connectivity index (χ3v) is 2.45. The predicted molar refractivity (Wildman–Crippen MR) is 66.8 cm³/mol. The van der Waals surface area contributed by atoms with Crippen molar-refractivity contribution in [2.75, 3.05) is 0 Å². The van der Waals surface area contributed by atoms with Crippen molar-refractivity contribution in [3.05, 3.63) is 65.5 Å². The van der Waals surface area contributed by atoms with E-state index in [1.807, 2.05) is 0 Å². The Balaban J connectivity index is 2.10. The highest BCUT2D eigenvalue weighted by Crippen LogP contribution is 2.11. The molecule has 0 radical (unpaired) electrons. The highest BCUT2D eigenvalue weighted by Gasteiger charge is 2.16. The topological polar surface area (TPSA) is 76.5 Å². The Bertz CT molecular complexity index is 595. The van der Waals surface area contributed by atoms with Crippen molar-refractivity contribution in [1.82, 2.24) is 4.98 Å². The number of ether oxygens (including phenoxy) is 1. The van der Waals surface area contributed by atoms with Crippen LogP contribution in [0.15, 0.2) is 48.7 Å². The third kappa shape index (κ3) is 3.16. The van der Waals surface area contributed by atoms with Crippen molar-refractivity contribution in [3.63, 3.8) is 0 Å². The van der Waals surface area contributed by atoms with Crippen LogP contribution in [0, 0.1) is 0 Å². The minimum absolute atomic E-state index is 0.00757. The van der Waals surface area contributed by atoms with E-state index in [1.165, 1.54) is 12.1 Å². The van der Waals surface area contributed by atoms with E-state index in [0.717, 1.165) is 0 Å². The van der Waals surface area contributed by atoms with Crippen LogP contribution in [0.4, 0.5) is 0 Å². The maximum Gasteiger partial charge on any atom is 0.339 e. The molecule has 2 rings (SSSR count). The minimum atomic E-state index is -1.16. The average molecular weight is 257 g/mol. The third-order valence-electron chi connectivity index (χ3n) is 2.45. The fraction of sp³-hybridized carbons (Fsp3) is 0.0714. The first kappa shape index (κ1) is 12.8. The molecule has 0 aliphatic carbocycles. The van der Waals surface area contributed by atoms with E-state index < -0.39 is 11.9 Å². The zero-order valence-corrected chi connectivity index (χ0v) is 9.95. The maximum atomic E-state index is 11.8. The van der Waals surface area contributed by atoms with Crippen molar-refractivity contribution in [3.8, 4) is 0 Å². The van der Waals surface area contributed by atoms with E-state index in [1.54, 1.807) is 36.5 Å². The second kappa shape index (κ2) is 5.77. The molecular formula is C14H11NO4.